The molecule has 3 rings (SSSR count). The maximum absolute atomic E-state index is 12.7. The zero-order chi connectivity index (χ0) is 21.5. The quantitative estimate of drug-likeness (QED) is 0.529. The number of para-hydroxylation sites is 1. The van der Waals surface area contributed by atoms with Crippen LogP contribution in [0.25, 0.3) is 0 Å². The molecule has 1 heterocycles. The lowest BCUT2D eigenvalue weighted by Crippen LogP contribution is -2.54. The van der Waals surface area contributed by atoms with Crippen molar-refractivity contribution >= 4 is 34.7 Å². The minimum absolute atomic E-state index is 0.134. The lowest BCUT2D eigenvalue weighted by molar-refractivity contribution is -0.119. The summed E-state index contributed by atoms with van der Waals surface area (Å²) in [5, 5.41) is 13.2. The first-order valence-electron chi connectivity index (χ1n) is 10.5. The molecule has 0 spiro atoms. The van der Waals surface area contributed by atoms with Crippen LogP contribution in [0.3, 0.4) is 0 Å². The lowest BCUT2D eigenvalue weighted by Gasteiger charge is -2.44. The van der Waals surface area contributed by atoms with Gasteiger partial charge in [0.15, 0.2) is 0 Å². The highest BCUT2D eigenvalue weighted by atomic mass is 32.1. The van der Waals surface area contributed by atoms with E-state index in [0.717, 1.165) is 36.4 Å². The summed E-state index contributed by atoms with van der Waals surface area (Å²) in [6.07, 6.45) is 1.31. The molecule has 158 valence electrons. The summed E-state index contributed by atoms with van der Waals surface area (Å²) in [5.41, 5.74) is 2.77. The third kappa shape index (κ3) is 5.41. The van der Waals surface area contributed by atoms with Gasteiger partial charge in [0, 0.05) is 37.7 Å². The number of nitrogens with zero attached hydrogens (tertiary/aromatic N) is 3. The zero-order valence-corrected chi connectivity index (χ0v) is 18.4. The maximum Gasteiger partial charge on any atom is 0.226 e. The molecule has 30 heavy (non-hydrogen) atoms. The van der Waals surface area contributed by atoms with Crippen LogP contribution >= 0.6 is 12.2 Å². The summed E-state index contributed by atoms with van der Waals surface area (Å²) in [7, 11) is 0. The molecule has 0 aromatic heterocycles. The molecule has 0 radical (unpaired) electrons. The fourth-order valence-corrected chi connectivity index (χ4v) is 4.30. The van der Waals surface area contributed by atoms with Gasteiger partial charge in [-0.3, -0.25) is 9.69 Å². The molecule has 0 aliphatic carbocycles. The Morgan fingerprint density at radius 1 is 1.27 bits per heavy atom. The minimum Gasteiger partial charge on any atom is -0.378 e. The van der Waals surface area contributed by atoms with Crippen LogP contribution in [0.15, 0.2) is 59.6 Å². The summed E-state index contributed by atoms with van der Waals surface area (Å²) in [5.74, 6) is 0.398. The van der Waals surface area contributed by atoms with Crippen LogP contribution in [0.5, 0.6) is 0 Å². The van der Waals surface area contributed by atoms with Gasteiger partial charge in [-0.05, 0) is 54.4 Å². The van der Waals surface area contributed by atoms with Gasteiger partial charge in [-0.25, -0.2) is 0 Å². The Kier molecular flexibility index (Phi) is 7.88. The molecule has 1 amide bonds. The van der Waals surface area contributed by atoms with Crippen LogP contribution in [0.2, 0.25) is 0 Å². The van der Waals surface area contributed by atoms with Gasteiger partial charge in [0.1, 0.15) is 6.23 Å². The molecule has 0 unspecified atom stereocenters. The minimum atomic E-state index is -0.555. The van der Waals surface area contributed by atoms with E-state index in [0.29, 0.717) is 12.8 Å². The van der Waals surface area contributed by atoms with E-state index in [4.69, 9.17) is 0 Å². The number of hydrogen-bond acceptors (Lipinski definition) is 5. The van der Waals surface area contributed by atoms with Crippen LogP contribution in [0.4, 0.5) is 11.4 Å². The van der Waals surface area contributed by atoms with Crippen LogP contribution < -0.4 is 4.90 Å². The number of anilines is 1. The number of amides is 1. The summed E-state index contributed by atoms with van der Waals surface area (Å²) >= 11 is 4.63. The molecule has 2 aromatic rings. The van der Waals surface area contributed by atoms with Gasteiger partial charge in [-0.2, -0.15) is 4.99 Å². The number of aliphatic imine (C=N–C) groups is 1. The standard InChI is InChI=1S/C24H29N3O2S/c1-3-23(28)27(21-7-5-4-6-8-21)22-13-14-26(16-18(22)2)24(29)15-19-9-11-20(12-10-19)25-17-30/h4-12,18,22,24,29H,3,13-16H2,1-2H3/t18-,22+,24-/m1/s1. The van der Waals surface area contributed by atoms with Crippen LogP contribution in [0, 0.1) is 5.92 Å². The van der Waals surface area contributed by atoms with Crippen LogP contribution in [-0.4, -0.2) is 46.4 Å². The van der Waals surface area contributed by atoms with E-state index in [2.05, 4.69) is 34.2 Å². The van der Waals surface area contributed by atoms with E-state index in [1.54, 1.807) is 0 Å². The second kappa shape index (κ2) is 10.6. The van der Waals surface area contributed by atoms with Gasteiger partial charge in [-0.15, -0.1) is 0 Å². The van der Waals surface area contributed by atoms with Crippen molar-refractivity contribution in [2.45, 2.75) is 45.4 Å². The monoisotopic (exact) mass is 423 g/mol. The van der Waals surface area contributed by atoms with E-state index in [9.17, 15) is 9.90 Å². The van der Waals surface area contributed by atoms with Gasteiger partial charge in [0.05, 0.1) is 10.8 Å². The predicted molar refractivity (Wildman–Crippen MR) is 124 cm³/mol. The number of hydrogen-bond donors (Lipinski definition) is 1. The Morgan fingerprint density at radius 3 is 2.57 bits per heavy atom. The molecule has 1 N–H and O–H groups in total. The molecule has 1 saturated heterocycles. The third-order valence-electron chi connectivity index (χ3n) is 5.78. The van der Waals surface area contributed by atoms with Crippen molar-refractivity contribution in [3.8, 4) is 0 Å². The number of carbonyl (C=O) groups is 1. The summed E-state index contributed by atoms with van der Waals surface area (Å²) in [4.78, 5) is 20.8. The molecule has 0 saturated carbocycles. The molecule has 0 bridgehead atoms. The lowest BCUT2D eigenvalue weighted by atomic mass is 9.91. The number of isothiocyanates is 1. The number of likely N-dealkylation sites (tertiary alicyclic amines) is 1. The molecular weight excluding hydrogens is 394 g/mol. The normalized spacial score (nSPS) is 20.2. The Labute approximate surface area is 184 Å². The molecule has 1 fully saturated rings. The Bertz CT molecular complexity index is 881. The van der Waals surface area contributed by atoms with Crippen molar-refractivity contribution in [2.75, 3.05) is 18.0 Å². The Hall–Kier alpha value is -2.37. The SMILES string of the molecule is CCC(=O)N(c1ccccc1)[C@H]1CCN([C@H](O)Cc2ccc(N=C=S)cc2)C[C@H]1C. The average molecular weight is 424 g/mol. The van der Waals surface area contributed by atoms with Crippen molar-refractivity contribution in [3.63, 3.8) is 0 Å². The summed E-state index contributed by atoms with van der Waals surface area (Å²) in [6, 6.07) is 17.7. The second-order valence-electron chi connectivity index (χ2n) is 7.84. The summed E-state index contributed by atoms with van der Waals surface area (Å²) < 4.78 is 0. The average Bonchev–Trinajstić information content (AvgIpc) is 2.77. The van der Waals surface area contributed by atoms with E-state index < -0.39 is 6.23 Å². The fraction of sp³-hybridized carbons (Fsp3) is 0.417. The third-order valence-corrected chi connectivity index (χ3v) is 5.87. The van der Waals surface area contributed by atoms with Gasteiger partial charge in [-0.1, -0.05) is 44.2 Å². The highest BCUT2D eigenvalue weighted by Crippen LogP contribution is 2.29. The van der Waals surface area contributed by atoms with Gasteiger partial charge >= 0.3 is 0 Å². The Balaban J connectivity index is 1.65. The zero-order valence-electron chi connectivity index (χ0n) is 17.6. The second-order valence-corrected chi connectivity index (χ2v) is 8.02. The maximum atomic E-state index is 12.7. The first kappa shape index (κ1) is 22.3. The fourth-order valence-electron chi connectivity index (χ4n) is 4.20. The predicted octanol–water partition coefficient (Wildman–Crippen LogP) is 4.44. The molecule has 3 atom stereocenters. The number of aliphatic hydroxyl groups is 1. The van der Waals surface area contributed by atoms with E-state index in [1.807, 2.05) is 66.4 Å². The number of aliphatic hydroxyl groups excluding tert-OH is 1. The van der Waals surface area contributed by atoms with Crippen molar-refractivity contribution in [1.82, 2.24) is 4.90 Å². The van der Waals surface area contributed by atoms with Gasteiger partial charge < -0.3 is 10.0 Å². The number of piperidine rings is 1. The number of rotatable bonds is 7. The molecule has 1 aliphatic rings. The topological polar surface area (TPSA) is 56.1 Å². The number of thiocarbonyl (C=S) groups is 1. The largest absolute Gasteiger partial charge is 0.378 e. The summed E-state index contributed by atoms with van der Waals surface area (Å²) in [6.45, 7) is 5.58. The molecule has 6 heteroatoms. The number of carbonyl (C=O) groups excluding carboxylic acids is 1. The van der Waals surface area contributed by atoms with E-state index in [-0.39, 0.29) is 17.9 Å². The highest BCUT2D eigenvalue weighted by Gasteiger charge is 2.35. The first-order chi connectivity index (χ1) is 14.5. The smallest absolute Gasteiger partial charge is 0.226 e. The molecular formula is C24H29N3O2S. The first-order valence-corrected chi connectivity index (χ1v) is 10.9. The Morgan fingerprint density at radius 2 is 1.97 bits per heavy atom. The van der Waals surface area contributed by atoms with E-state index >= 15 is 0 Å². The molecule has 2 aromatic carbocycles. The van der Waals surface area contributed by atoms with Crippen molar-refractivity contribution < 1.29 is 9.90 Å². The van der Waals surface area contributed by atoms with Crippen LogP contribution in [-0.2, 0) is 11.2 Å². The molecule has 1 aliphatic heterocycles. The highest BCUT2D eigenvalue weighted by molar-refractivity contribution is 7.78. The molecule has 5 nitrogen and oxygen atoms in total. The number of benzene rings is 2. The van der Waals surface area contributed by atoms with Crippen molar-refractivity contribution in [2.24, 2.45) is 10.9 Å². The van der Waals surface area contributed by atoms with E-state index in [1.165, 1.54) is 0 Å². The van der Waals surface area contributed by atoms with Crippen LogP contribution in [0.1, 0.15) is 32.3 Å². The van der Waals surface area contributed by atoms with Gasteiger partial charge in [0.2, 0.25) is 5.91 Å². The van der Waals surface area contributed by atoms with Crippen molar-refractivity contribution in [1.29, 1.82) is 0 Å². The van der Waals surface area contributed by atoms with Gasteiger partial charge in [0.25, 0.3) is 0 Å². The van der Waals surface area contributed by atoms with Crippen molar-refractivity contribution in [3.05, 3.63) is 60.2 Å².